The van der Waals surface area contributed by atoms with Crippen LogP contribution in [0.25, 0.3) is 5.69 Å². The van der Waals surface area contributed by atoms with Crippen LogP contribution in [0.5, 0.6) is 0 Å². The highest BCUT2D eigenvalue weighted by molar-refractivity contribution is 5.90. The number of benzene rings is 3. The van der Waals surface area contributed by atoms with Gasteiger partial charge < -0.3 is 5.32 Å². The van der Waals surface area contributed by atoms with Crippen LogP contribution in [-0.2, 0) is 25.6 Å². The van der Waals surface area contributed by atoms with E-state index in [2.05, 4.69) is 15.4 Å². The molecule has 0 spiro atoms. The maximum Gasteiger partial charge on any atom is 0.416 e. The molecule has 0 atom stereocenters. The van der Waals surface area contributed by atoms with E-state index in [9.17, 15) is 18.0 Å². The van der Waals surface area contributed by atoms with Gasteiger partial charge >= 0.3 is 6.18 Å². The SMILES string of the molecule is O=C(NCc1cccc(C(F)(F)F)c1)c1nc(CCc2ccccc2)n(-c2ccccc2)n1. The molecule has 33 heavy (non-hydrogen) atoms. The smallest absolute Gasteiger partial charge is 0.345 e. The van der Waals surface area contributed by atoms with Gasteiger partial charge in [-0.25, -0.2) is 9.67 Å². The second-order valence-corrected chi connectivity index (χ2v) is 7.47. The molecule has 5 nitrogen and oxygen atoms in total. The standard InChI is InChI=1S/C25H21F3N4O/c26-25(27,28)20-11-7-10-19(16-20)17-29-24(33)23-30-22(15-14-18-8-3-1-4-9-18)32(31-23)21-12-5-2-6-13-21/h1-13,16H,14-15,17H2,(H,29,33). The van der Waals surface area contributed by atoms with Crippen LogP contribution in [0, 0.1) is 0 Å². The van der Waals surface area contributed by atoms with E-state index in [0.29, 0.717) is 17.8 Å². The molecular formula is C25H21F3N4O. The number of alkyl halides is 3. The van der Waals surface area contributed by atoms with Crippen LogP contribution in [0.2, 0.25) is 0 Å². The van der Waals surface area contributed by atoms with Crippen molar-refractivity contribution in [2.45, 2.75) is 25.6 Å². The largest absolute Gasteiger partial charge is 0.416 e. The first-order chi connectivity index (χ1) is 15.9. The molecule has 0 aliphatic heterocycles. The van der Waals surface area contributed by atoms with E-state index in [4.69, 9.17) is 0 Å². The Balaban J connectivity index is 1.52. The summed E-state index contributed by atoms with van der Waals surface area (Å²) in [5.41, 5.74) is 1.48. The van der Waals surface area contributed by atoms with Gasteiger partial charge in [-0.2, -0.15) is 13.2 Å². The fourth-order valence-corrected chi connectivity index (χ4v) is 3.40. The van der Waals surface area contributed by atoms with Crippen LogP contribution in [0.1, 0.15) is 33.1 Å². The summed E-state index contributed by atoms with van der Waals surface area (Å²) in [6, 6.07) is 24.1. The number of halogens is 3. The maximum atomic E-state index is 12.9. The van der Waals surface area contributed by atoms with Crippen molar-refractivity contribution in [1.82, 2.24) is 20.1 Å². The van der Waals surface area contributed by atoms with Crippen LogP contribution < -0.4 is 5.32 Å². The highest BCUT2D eigenvalue weighted by atomic mass is 19.4. The fraction of sp³-hybridized carbons (Fsp3) is 0.160. The normalized spacial score (nSPS) is 11.4. The fourth-order valence-electron chi connectivity index (χ4n) is 3.40. The number of nitrogens with zero attached hydrogens (tertiary/aromatic N) is 3. The maximum absolute atomic E-state index is 12.9. The third kappa shape index (κ3) is 5.65. The lowest BCUT2D eigenvalue weighted by Gasteiger charge is -2.09. The number of aryl methyl sites for hydroxylation is 2. The van der Waals surface area contributed by atoms with Crippen molar-refractivity contribution in [3.05, 3.63) is 113 Å². The lowest BCUT2D eigenvalue weighted by molar-refractivity contribution is -0.137. The Morgan fingerprint density at radius 3 is 2.21 bits per heavy atom. The minimum atomic E-state index is -4.44. The molecule has 1 amide bonds. The van der Waals surface area contributed by atoms with Crippen molar-refractivity contribution >= 4 is 5.91 Å². The zero-order chi connectivity index (χ0) is 23.3. The Morgan fingerprint density at radius 1 is 0.848 bits per heavy atom. The van der Waals surface area contributed by atoms with E-state index in [1.807, 2.05) is 60.7 Å². The summed E-state index contributed by atoms with van der Waals surface area (Å²) in [7, 11) is 0. The minimum Gasteiger partial charge on any atom is -0.345 e. The minimum absolute atomic E-state index is 0.0334. The van der Waals surface area contributed by atoms with Gasteiger partial charge in [-0.05, 0) is 41.8 Å². The number of para-hydroxylation sites is 1. The van der Waals surface area contributed by atoms with E-state index in [1.54, 1.807) is 4.68 Å². The molecule has 0 aliphatic carbocycles. The Morgan fingerprint density at radius 2 is 1.52 bits per heavy atom. The molecule has 0 bridgehead atoms. The third-order valence-corrected chi connectivity index (χ3v) is 5.07. The second-order valence-electron chi connectivity index (χ2n) is 7.47. The molecule has 0 saturated carbocycles. The van der Waals surface area contributed by atoms with Gasteiger partial charge in [-0.3, -0.25) is 4.79 Å². The van der Waals surface area contributed by atoms with Crippen LogP contribution in [0.15, 0.2) is 84.9 Å². The lowest BCUT2D eigenvalue weighted by atomic mass is 10.1. The summed E-state index contributed by atoms with van der Waals surface area (Å²) in [6.07, 6.45) is -3.16. The average Bonchev–Trinajstić information content (AvgIpc) is 3.26. The Hall–Kier alpha value is -3.94. The molecule has 168 valence electrons. The molecule has 0 saturated heterocycles. The first kappa shape index (κ1) is 22.3. The molecule has 1 N–H and O–H groups in total. The molecule has 0 fully saturated rings. The van der Waals surface area contributed by atoms with E-state index in [1.165, 1.54) is 12.1 Å². The summed E-state index contributed by atoms with van der Waals surface area (Å²) >= 11 is 0. The van der Waals surface area contributed by atoms with Crippen molar-refractivity contribution in [2.75, 3.05) is 0 Å². The van der Waals surface area contributed by atoms with Gasteiger partial charge in [0.1, 0.15) is 5.82 Å². The van der Waals surface area contributed by atoms with E-state index in [-0.39, 0.29) is 12.4 Å². The molecule has 1 heterocycles. The van der Waals surface area contributed by atoms with Crippen molar-refractivity contribution in [3.63, 3.8) is 0 Å². The number of carbonyl (C=O) groups excluding carboxylic acids is 1. The Labute approximate surface area is 188 Å². The topological polar surface area (TPSA) is 59.8 Å². The quantitative estimate of drug-likeness (QED) is 0.431. The molecular weight excluding hydrogens is 429 g/mol. The molecule has 1 aromatic heterocycles. The van der Waals surface area contributed by atoms with E-state index >= 15 is 0 Å². The number of carbonyl (C=O) groups is 1. The monoisotopic (exact) mass is 450 g/mol. The van der Waals surface area contributed by atoms with Crippen LogP contribution in [0.3, 0.4) is 0 Å². The average molecular weight is 450 g/mol. The van der Waals surface area contributed by atoms with Crippen molar-refractivity contribution < 1.29 is 18.0 Å². The lowest BCUT2D eigenvalue weighted by Crippen LogP contribution is -2.24. The van der Waals surface area contributed by atoms with Gasteiger partial charge in [-0.15, -0.1) is 5.10 Å². The number of amides is 1. The second kappa shape index (κ2) is 9.68. The highest BCUT2D eigenvalue weighted by Gasteiger charge is 2.30. The highest BCUT2D eigenvalue weighted by Crippen LogP contribution is 2.29. The summed E-state index contributed by atoms with van der Waals surface area (Å²) in [5, 5.41) is 6.99. The van der Waals surface area contributed by atoms with Gasteiger partial charge in [-0.1, -0.05) is 60.7 Å². The Bertz CT molecular complexity index is 1220. The number of rotatable bonds is 7. The summed E-state index contributed by atoms with van der Waals surface area (Å²) in [5.74, 6) is 0.0335. The van der Waals surface area contributed by atoms with Crippen molar-refractivity contribution in [3.8, 4) is 5.69 Å². The van der Waals surface area contributed by atoms with Crippen LogP contribution >= 0.6 is 0 Å². The van der Waals surface area contributed by atoms with Gasteiger partial charge in [0, 0.05) is 13.0 Å². The number of hydrogen-bond acceptors (Lipinski definition) is 3. The van der Waals surface area contributed by atoms with E-state index < -0.39 is 17.6 Å². The van der Waals surface area contributed by atoms with Crippen molar-refractivity contribution in [1.29, 1.82) is 0 Å². The Kier molecular flexibility index (Phi) is 6.53. The van der Waals surface area contributed by atoms with Crippen LogP contribution in [-0.4, -0.2) is 20.7 Å². The first-order valence-corrected chi connectivity index (χ1v) is 10.4. The predicted octanol–water partition coefficient (Wildman–Crippen LogP) is 5.00. The predicted molar refractivity (Wildman–Crippen MR) is 118 cm³/mol. The zero-order valence-electron chi connectivity index (χ0n) is 17.6. The summed E-state index contributed by atoms with van der Waals surface area (Å²) < 4.78 is 40.4. The molecule has 4 aromatic rings. The molecule has 3 aromatic carbocycles. The number of aromatic nitrogens is 3. The van der Waals surface area contributed by atoms with Gasteiger partial charge in [0.2, 0.25) is 5.82 Å². The summed E-state index contributed by atoms with van der Waals surface area (Å²) in [6.45, 7) is -0.0675. The summed E-state index contributed by atoms with van der Waals surface area (Å²) in [4.78, 5) is 17.1. The molecule has 4 rings (SSSR count). The molecule has 0 aliphatic rings. The molecule has 8 heteroatoms. The van der Waals surface area contributed by atoms with Gasteiger partial charge in [0.15, 0.2) is 0 Å². The third-order valence-electron chi connectivity index (χ3n) is 5.07. The molecule has 0 unspecified atom stereocenters. The first-order valence-electron chi connectivity index (χ1n) is 10.4. The molecule has 0 radical (unpaired) electrons. The van der Waals surface area contributed by atoms with Gasteiger partial charge in [0.25, 0.3) is 5.91 Å². The van der Waals surface area contributed by atoms with Crippen LogP contribution in [0.4, 0.5) is 13.2 Å². The van der Waals surface area contributed by atoms with Crippen molar-refractivity contribution in [2.24, 2.45) is 0 Å². The van der Waals surface area contributed by atoms with E-state index in [0.717, 1.165) is 29.8 Å². The number of nitrogens with one attached hydrogen (secondary N) is 1. The zero-order valence-corrected chi connectivity index (χ0v) is 17.6. The van der Waals surface area contributed by atoms with Gasteiger partial charge in [0.05, 0.1) is 11.3 Å². The number of hydrogen-bond donors (Lipinski definition) is 1.